The van der Waals surface area contributed by atoms with Gasteiger partial charge >= 0.3 is 0 Å². The average Bonchev–Trinajstić information content (AvgIpc) is 3.21. The normalized spacial score (nSPS) is 29.6. The molecule has 1 aliphatic heterocycles. The molecule has 3 rings (SSSR count). The van der Waals surface area contributed by atoms with Gasteiger partial charge in [0, 0.05) is 21.8 Å². The number of halogens is 2. The second kappa shape index (κ2) is 5.98. The van der Waals surface area contributed by atoms with Gasteiger partial charge in [-0.15, -0.1) is 0 Å². The van der Waals surface area contributed by atoms with Crippen LogP contribution in [0.25, 0.3) is 0 Å². The lowest BCUT2D eigenvalue weighted by molar-refractivity contribution is 0.0411. The molecule has 0 amide bonds. The summed E-state index contributed by atoms with van der Waals surface area (Å²) in [6, 6.07) is 6.27. The van der Waals surface area contributed by atoms with Crippen LogP contribution < -0.4 is 4.74 Å². The molecule has 0 aromatic heterocycles. The van der Waals surface area contributed by atoms with Crippen molar-refractivity contribution in [1.82, 2.24) is 0 Å². The maximum absolute atomic E-state index is 6.08. The van der Waals surface area contributed by atoms with Crippen LogP contribution in [0.15, 0.2) is 22.7 Å². The minimum absolute atomic E-state index is 0.218. The maximum Gasteiger partial charge on any atom is 0.122 e. The fraction of sp³-hybridized carbons (Fsp3) is 0.625. The predicted molar refractivity (Wildman–Crippen MR) is 87.7 cm³/mol. The minimum atomic E-state index is 0.218. The first-order valence-electron chi connectivity index (χ1n) is 7.18. The zero-order valence-corrected chi connectivity index (χ0v) is 14.9. The lowest BCUT2D eigenvalue weighted by Gasteiger charge is -2.33. The van der Waals surface area contributed by atoms with Crippen LogP contribution in [0.4, 0.5) is 0 Å². The number of rotatable bonds is 5. The summed E-state index contributed by atoms with van der Waals surface area (Å²) < 4.78 is 12.7. The molecule has 4 heteroatoms. The Kier molecular flexibility index (Phi) is 4.44. The number of hydrogen-bond donors (Lipinski definition) is 0. The monoisotopic (exact) mass is 402 g/mol. The standard InChI is InChI=1S/C16H20Br2O2/c1-19-14-5-4-13(18)8-12(14)9-16(10-17)6-7-20-15(16)11-2-3-11/h4-5,8,11,15H,2-3,6-7,9-10H2,1H3. The maximum atomic E-state index is 6.08. The van der Waals surface area contributed by atoms with Crippen LogP contribution in [-0.4, -0.2) is 25.2 Å². The van der Waals surface area contributed by atoms with Crippen molar-refractivity contribution in [2.45, 2.75) is 31.8 Å². The Bertz CT molecular complexity index is 487. The third kappa shape index (κ3) is 2.79. The van der Waals surface area contributed by atoms with Gasteiger partial charge < -0.3 is 9.47 Å². The SMILES string of the molecule is COc1ccc(Br)cc1CC1(CBr)CCOC1C1CC1. The van der Waals surface area contributed by atoms with Crippen LogP contribution >= 0.6 is 31.9 Å². The van der Waals surface area contributed by atoms with Crippen molar-refractivity contribution in [3.8, 4) is 5.75 Å². The third-order valence-electron chi connectivity index (χ3n) is 4.60. The Morgan fingerprint density at radius 1 is 1.40 bits per heavy atom. The third-order valence-corrected chi connectivity index (χ3v) is 6.21. The number of alkyl halides is 1. The van der Waals surface area contributed by atoms with Crippen LogP contribution in [0, 0.1) is 11.3 Å². The largest absolute Gasteiger partial charge is 0.496 e. The summed E-state index contributed by atoms with van der Waals surface area (Å²) in [5, 5.41) is 0.997. The molecule has 2 fully saturated rings. The second-order valence-electron chi connectivity index (χ2n) is 6.01. The van der Waals surface area contributed by atoms with Gasteiger partial charge in [-0.1, -0.05) is 31.9 Å². The highest BCUT2D eigenvalue weighted by Gasteiger charge is 2.50. The number of methoxy groups -OCH3 is 1. The van der Waals surface area contributed by atoms with E-state index in [2.05, 4.69) is 37.9 Å². The molecule has 0 bridgehead atoms. The van der Waals surface area contributed by atoms with E-state index in [0.29, 0.717) is 6.10 Å². The van der Waals surface area contributed by atoms with E-state index in [1.807, 2.05) is 12.1 Å². The highest BCUT2D eigenvalue weighted by Crippen LogP contribution is 2.51. The summed E-state index contributed by atoms with van der Waals surface area (Å²) in [6.45, 7) is 0.892. The van der Waals surface area contributed by atoms with Crippen LogP contribution in [0.3, 0.4) is 0 Å². The predicted octanol–water partition coefficient (Wildman–Crippen LogP) is 4.58. The summed E-state index contributed by atoms with van der Waals surface area (Å²) in [5.74, 6) is 1.75. The molecule has 20 heavy (non-hydrogen) atoms. The van der Waals surface area contributed by atoms with Crippen LogP contribution in [0.2, 0.25) is 0 Å². The van der Waals surface area contributed by atoms with Gasteiger partial charge in [-0.2, -0.15) is 0 Å². The van der Waals surface area contributed by atoms with E-state index in [0.717, 1.165) is 40.9 Å². The van der Waals surface area contributed by atoms with Gasteiger partial charge in [0.05, 0.1) is 13.2 Å². The molecule has 1 saturated carbocycles. The van der Waals surface area contributed by atoms with Crippen LogP contribution in [-0.2, 0) is 11.2 Å². The van der Waals surface area contributed by atoms with Gasteiger partial charge in [-0.3, -0.25) is 0 Å². The molecule has 1 saturated heterocycles. The quantitative estimate of drug-likeness (QED) is 0.670. The van der Waals surface area contributed by atoms with Gasteiger partial charge in [-0.05, 0) is 55.4 Å². The van der Waals surface area contributed by atoms with Crippen molar-refractivity contribution < 1.29 is 9.47 Å². The zero-order valence-electron chi connectivity index (χ0n) is 11.7. The molecule has 1 aromatic rings. The molecule has 0 radical (unpaired) electrons. The molecule has 2 aliphatic rings. The first-order chi connectivity index (χ1) is 9.68. The molecule has 0 N–H and O–H groups in total. The minimum Gasteiger partial charge on any atom is -0.496 e. The Morgan fingerprint density at radius 3 is 2.85 bits per heavy atom. The summed E-state index contributed by atoms with van der Waals surface area (Å²) in [5.41, 5.74) is 1.49. The Hall–Kier alpha value is -0.0600. The first-order valence-corrected chi connectivity index (χ1v) is 9.10. The molecule has 1 aromatic carbocycles. The topological polar surface area (TPSA) is 18.5 Å². The van der Waals surface area contributed by atoms with Crippen molar-refractivity contribution in [2.24, 2.45) is 11.3 Å². The van der Waals surface area contributed by atoms with Crippen molar-refractivity contribution in [3.63, 3.8) is 0 Å². The van der Waals surface area contributed by atoms with Gasteiger partial charge in [0.15, 0.2) is 0 Å². The molecular formula is C16H20Br2O2. The van der Waals surface area contributed by atoms with Gasteiger partial charge in [0.1, 0.15) is 5.75 Å². The Morgan fingerprint density at radius 2 is 2.20 bits per heavy atom. The highest BCUT2D eigenvalue weighted by atomic mass is 79.9. The van der Waals surface area contributed by atoms with E-state index in [4.69, 9.17) is 9.47 Å². The lowest BCUT2D eigenvalue weighted by Crippen LogP contribution is -2.36. The van der Waals surface area contributed by atoms with Gasteiger partial charge in [0.2, 0.25) is 0 Å². The van der Waals surface area contributed by atoms with E-state index < -0.39 is 0 Å². The van der Waals surface area contributed by atoms with E-state index in [9.17, 15) is 0 Å². The smallest absolute Gasteiger partial charge is 0.122 e. The molecule has 1 aliphatic carbocycles. The van der Waals surface area contributed by atoms with E-state index in [-0.39, 0.29) is 5.41 Å². The van der Waals surface area contributed by atoms with Gasteiger partial charge in [0.25, 0.3) is 0 Å². The summed E-state index contributed by atoms with van der Waals surface area (Å²) in [6.07, 6.45) is 5.21. The molecule has 0 spiro atoms. The van der Waals surface area contributed by atoms with Crippen molar-refractivity contribution in [2.75, 3.05) is 19.0 Å². The molecule has 2 atom stereocenters. The van der Waals surface area contributed by atoms with E-state index >= 15 is 0 Å². The summed E-state index contributed by atoms with van der Waals surface area (Å²) >= 11 is 7.33. The summed E-state index contributed by atoms with van der Waals surface area (Å²) in [7, 11) is 1.75. The van der Waals surface area contributed by atoms with Crippen molar-refractivity contribution in [3.05, 3.63) is 28.2 Å². The number of ether oxygens (including phenoxy) is 2. The second-order valence-corrected chi connectivity index (χ2v) is 7.48. The summed E-state index contributed by atoms with van der Waals surface area (Å²) in [4.78, 5) is 0. The average molecular weight is 404 g/mol. The Balaban J connectivity index is 1.89. The number of benzene rings is 1. The fourth-order valence-electron chi connectivity index (χ4n) is 3.39. The van der Waals surface area contributed by atoms with E-state index in [1.54, 1.807) is 7.11 Å². The molecule has 1 heterocycles. The van der Waals surface area contributed by atoms with Crippen molar-refractivity contribution in [1.29, 1.82) is 0 Å². The Labute approximate surface area is 137 Å². The first kappa shape index (κ1) is 14.9. The highest BCUT2D eigenvalue weighted by molar-refractivity contribution is 9.10. The zero-order chi connectivity index (χ0) is 14.2. The number of hydrogen-bond acceptors (Lipinski definition) is 2. The molecule has 2 unspecified atom stereocenters. The fourth-order valence-corrected chi connectivity index (χ4v) is 4.59. The molecule has 110 valence electrons. The van der Waals surface area contributed by atoms with Crippen LogP contribution in [0.1, 0.15) is 24.8 Å². The lowest BCUT2D eigenvalue weighted by atomic mass is 9.76. The van der Waals surface area contributed by atoms with E-state index in [1.165, 1.54) is 18.4 Å². The molecule has 2 nitrogen and oxygen atoms in total. The van der Waals surface area contributed by atoms with Crippen molar-refractivity contribution >= 4 is 31.9 Å². The van der Waals surface area contributed by atoms with Crippen LogP contribution in [0.5, 0.6) is 5.75 Å². The van der Waals surface area contributed by atoms with Gasteiger partial charge in [-0.25, -0.2) is 0 Å². The molecular weight excluding hydrogens is 384 g/mol.